The first kappa shape index (κ1) is 15.6. The van der Waals surface area contributed by atoms with E-state index in [1.54, 1.807) is 0 Å². The molecule has 3 N–H and O–H groups in total. The molecule has 2 rings (SSSR count). The lowest BCUT2D eigenvalue weighted by Gasteiger charge is -2.24. The summed E-state index contributed by atoms with van der Waals surface area (Å²) in [5, 5.41) is 9.06. The van der Waals surface area contributed by atoms with E-state index in [4.69, 9.17) is 22.4 Å². The monoisotopic (exact) mass is 318 g/mol. The second-order valence-electron chi connectivity index (χ2n) is 4.97. The van der Waals surface area contributed by atoms with Gasteiger partial charge in [-0.25, -0.2) is 8.42 Å². The molecule has 1 saturated heterocycles. The third-order valence-corrected chi connectivity index (χ3v) is 6.00. The Kier molecular flexibility index (Phi) is 4.90. The van der Waals surface area contributed by atoms with Crippen LogP contribution in [0.5, 0.6) is 0 Å². The third-order valence-electron chi connectivity index (χ3n) is 3.56. The van der Waals surface area contributed by atoms with Crippen molar-refractivity contribution >= 4 is 27.3 Å². The lowest BCUT2D eigenvalue weighted by molar-refractivity contribution is 0.264. The molecule has 1 unspecified atom stereocenters. The summed E-state index contributed by atoms with van der Waals surface area (Å²) < 4.78 is 26.9. The maximum Gasteiger partial charge on any atom is 0.244 e. The van der Waals surface area contributed by atoms with Crippen molar-refractivity contribution in [3.63, 3.8) is 0 Å². The maximum absolute atomic E-state index is 12.7. The largest absolute Gasteiger partial charge is 0.399 e. The topological polar surface area (TPSA) is 83.6 Å². The minimum absolute atomic E-state index is 0.0548. The quantitative estimate of drug-likeness (QED) is 0.811. The lowest BCUT2D eigenvalue weighted by atomic mass is 10.1. The molecule has 1 fully saturated rings. The maximum atomic E-state index is 12.7. The SMILES string of the molecule is Nc1ccc(S(=O)(=O)N2CCCC2CCCO)c(Cl)c1. The number of anilines is 1. The number of aliphatic hydroxyl groups excluding tert-OH is 1. The molecule has 0 aromatic heterocycles. The molecule has 5 nitrogen and oxygen atoms in total. The minimum Gasteiger partial charge on any atom is -0.399 e. The van der Waals surface area contributed by atoms with Crippen LogP contribution in [0.1, 0.15) is 25.7 Å². The Morgan fingerprint density at radius 1 is 1.45 bits per heavy atom. The highest BCUT2D eigenvalue weighted by Gasteiger charge is 2.35. The summed E-state index contributed by atoms with van der Waals surface area (Å²) in [6, 6.07) is 4.39. The minimum atomic E-state index is -3.60. The summed E-state index contributed by atoms with van der Waals surface area (Å²) in [7, 11) is -3.60. The van der Waals surface area contributed by atoms with Gasteiger partial charge in [0.05, 0.1) is 5.02 Å². The van der Waals surface area contributed by atoms with E-state index < -0.39 is 10.0 Å². The molecule has 1 aliphatic rings. The Balaban J connectivity index is 2.29. The number of sulfonamides is 1. The molecule has 0 aliphatic carbocycles. The van der Waals surface area contributed by atoms with Gasteiger partial charge in [-0.2, -0.15) is 4.31 Å². The molecule has 0 radical (unpaired) electrons. The first-order valence-corrected chi connectivity index (χ1v) is 8.46. The Labute approximate surface area is 124 Å². The zero-order valence-electron chi connectivity index (χ0n) is 11.1. The van der Waals surface area contributed by atoms with Gasteiger partial charge in [0.15, 0.2) is 0 Å². The van der Waals surface area contributed by atoms with Gasteiger partial charge in [0, 0.05) is 24.9 Å². The fraction of sp³-hybridized carbons (Fsp3) is 0.538. The Hall–Kier alpha value is -0.820. The van der Waals surface area contributed by atoms with Gasteiger partial charge in [-0.3, -0.25) is 0 Å². The molecule has 0 saturated carbocycles. The van der Waals surface area contributed by atoms with E-state index in [9.17, 15) is 8.42 Å². The highest BCUT2D eigenvalue weighted by atomic mass is 35.5. The van der Waals surface area contributed by atoms with Gasteiger partial charge in [-0.05, 0) is 43.9 Å². The average Bonchev–Trinajstić information content (AvgIpc) is 2.84. The fourth-order valence-electron chi connectivity index (χ4n) is 2.59. The van der Waals surface area contributed by atoms with Crippen molar-refractivity contribution < 1.29 is 13.5 Å². The van der Waals surface area contributed by atoms with E-state index in [2.05, 4.69) is 0 Å². The molecule has 1 atom stereocenters. The molecule has 1 heterocycles. The van der Waals surface area contributed by atoms with Gasteiger partial charge in [0.1, 0.15) is 4.90 Å². The van der Waals surface area contributed by atoms with Crippen molar-refractivity contribution in [3.05, 3.63) is 23.2 Å². The van der Waals surface area contributed by atoms with Gasteiger partial charge < -0.3 is 10.8 Å². The van der Waals surface area contributed by atoms with Gasteiger partial charge in [-0.15, -0.1) is 0 Å². The molecule has 1 aromatic rings. The number of halogens is 1. The molecular formula is C13H19ClN2O3S. The number of hydrogen-bond acceptors (Lipinski definition) is 4. The van der Waals surface area contributed by atoms with Gasteiger partial charge >= 0.3 is 0 Å². The summed E-state index contributed by atoms with van der Waals surface area (Å²) >= 11 is 6.02. The van der Waals surface area contributed by atoms with E-state index in [1.807, 2.05) is 0 Å². The van der Waals surface area contributed by atoms with E-state index in [0.717, 1.165) is 12.8 Å². The first-order chi connectivity index (χ1) is 9.46. The number of benzene rings is 1. The third kappa shape index (κ3) is 3.09. The van der Waals surface area contributed by atoms with Crippen LogP contribution in [0.25, 0.3) is 0 Å². The number of nitrogen functional groups attached to an aromatic ring is 1. The van der Waals surface area contributed by atoms with Crippen LogP contribution in [-0.2, 0) is 10.0 Å². The van der Waals surface area contributed by atoms with Crippen molar-refractivity contribution in [3.8, 4) is 0 Å². The van der Waals surface area contributed by atoms with Crippen molar-refractivity contribution in [1.29, 1.82) is 0 Å². The average molecular weight is 319 g/mol. The number of hydrogen-bond donors (Lipinski definition) is 2. The molecule has 0 amide bonds. The van der Waals surface area contributed by atoms with Crippen LogP contribution in [0.15, 0.2) is 23.1 Å². The molecule has 112 valence electrons. The normalized spacial score (nSPS) is 20.4. The Morgan fingerprint density at radius 2 is 2.20 bits per heavy atom. The zero-order valence-corrected chi connectivity index (χ0v) is 12.7. The van der Waals surface area contributed by atoms with E-state index in [1.165, 1.54) is 22.5 Å². The first-order valence-electron chi connectivity index (χ1n) is 6.64. The van der Waals surface area contributed by atoms with E-state index in [0.29, 0.717) is 25.1 Å². The predicted molar refractivity (Wildman–Crippen MR) is 79.1 cm³/mol. The zero-order chi connectivity index (χ0) is 14.8. The summed E-state index contributed by atoms with van der Waals surface area (Å²) in [5.74, 6) is 0. The van der Waals surface area contributed by atoms with Gasteiger partial charge in [0.25, 0.3) is 0 Å². The number of nitrogens with zero attached hydrogens (tertiary/aromatic N) is 1. The van der Waals surface area contributed by atoms with Crippen LogP contribution in [0.4, 0.5) is 5.69 Å². The predicted octanol–water partition coefficient (Wildman–Crippen LogP) is 1.85. The summed E-state index contributed by atoms with van der Waals surface area (Å²) in [6.07, 6.45) is 2.93. The molecule has 1 aromatic carbocycles. The fourth-order valence-corrected chi connectivity index (χ4v) is 4.85. The summed E-state index contributed by atoms with van der Waals surface area (Å²) in [6.45, 7) is 0.576. The smallest absolute Gasteiger partial charge is 0.244 e. The highest BCUT2D eigenvalue weighted by molar-refractivity contribution is 7.89. The van der Waals surface area contributed by atoms with Crippen LogP contribution in [0.3, 0.4) is 0 Å². The standard InChI is InChI=1S/C13H19ClN2O3S/c14-12-9-10(15)5-6-13(12)20(18,19)16-7-1-3-11(16)4-2-8-17/h5-6,9,11,17H,1-4,7-8,15H2. The number of nitrogens with two attached hydrogens (primary N) is 1. The van der Waals surface area contributed by atoms with Crippen molar-refractivity contribution in [2.75, 3.05) is 18.9 Å². The van der Waals surface area contributed by atoms with E-state index >= 15 is 0 Å². The van der Waals surface area contributed by atoms with Crippen LogP contribution in [0.2, 0.25) is 5.02 Å². The highest BCUT2D eigenvalue weighted by Crippen LogP contribution is 2.32. The van der Waals surface area contributed by atoms with Gasteiger partial charge in [-0.1, -0.05) is 11.6 Å². The van der Waals surface area contributed by atoms with Crippen molar-refractivity contribution in [1.82, 2.24) is 4.31 Å². The lowest BCUT2D eigenvalue weighted by Crippen LogP contribution is -2.35. The molecule has 0 bridgehead atoms. The summed E-state index contributed by atoms with van der Waals surface area (Å²) in [4.78, 5) is 0.101. The molecule has 1 aliphatic heterocycles. The molecule has 0 spiro atoms. The van der Waals surface area contributed by atoms with Crippen LogP contribution < -0.4 is 5.73 Å². The van der Waals surface area contributed by atoms with Crippen LogP contribution >= 0.6 is 11.6 Å². The Morgan fingerprint density at radius 3 is 2.85 bits per heavy atom. The van der Waals surface area contributed by atoms with E-state index in [-0.39, 0.29) is 22.6 Å². The molecule has 20 heavy (non-hydrogen) atoms. The second-order valence-corrected chi connectivity index (χ2v) is 7.23. The van der Waals surface area contributed by atoms with Gasteiger partial charge in [0.2, 0.25) is 10.0 Å². The van der Waals surface area contributed by atoms with Crippen LogP contribution in [-0.4, -0.2) is 37.0 Å². The Bertz CT molecular complexity index is 577. The number of aliphatic hydroxyl groups is 1. The van der Waals surface area contributed by atoms with Crippen molar-refractivity contribution in [2.24, 2.45) is 0 Å². The summed E-state index contributed by atoms with van der Waals surface area (Å²) in [5.41, 5.74) is 6.03. The van der Waals surface area contributed by atoms with Crippen molar-refractivity contribution in [2.45, 2.75) is 36.6 Å². The molecular weight excluding hydrogens is 300 g/mol. The number of rotatable bonds is 5. The molecule has 7 heteroatoms. The van der Waals surface area contributed by atoms with Crippen LogP contribution in [0, 0.1) is 0 Å². The second kappa shape index (κ2) is 6.30.